The van der Waals surface area contributed by atoms with Gasteiger partial charge in [0.05, 0.1) is 6.10 Å². The molecule has 0 fully saturated rings. The Labute approximate surface area is 82.0 Å². The summed E-state index contributed by atoms with van der Waals surface area (Å²) in [6.45, 7) is 2.41. The molecule has 0 rings (SSSR count). The highest BCUT2D eigenvalue weighted by Crippen LogP contribution is 2.09. The summed E-state index contributed by atoms with van der Waals surface area (Å²) in [6, 6.07) is 0. The van der Waals surface area contributed by atoms with Crippen molar-refractivity contribution in [1.29, 1.82) is 0 Å². The zero-order valence-electron chi connectivity index (χ0n) is 8.84. The first kappa shape index (κ1) is 12.9. The summed E-state index contributed by atoms with van der Waals surface area (Å²) in [5, 5.41) is 18.0. The van der Waals surface area contributed by atoms with E-state index in [1.54, 1.807) is 0 Å². The van der Waals surface area contributed by atoms with E-state index in [9.17, 15) is 5.11 Å². The Morgan fingerprint density at radius 1 is 0.923 bits per heavy atom. The van der Waals surface area contributed by atoms with Gasteiger partial charge in [-0.1, -0.05) is 39.0 Å². The maximum atomic E-state index is 9.43. The fourth-order valence-electron chi connectivity index (χ4n) is 1.45. The zero-order chi connectivity index (χ0) is 9.94. The van der Waals surface area contributed by atoms with E-state index in [4.69, 9.17) is 5.11 Å². The van der Waals surface area contributed by atoms with Gasteiger partial charge in [-0.2, -0.15) is 0 Å². The van der Waals surface area contributed by atoms with Gasteiger partial charge in [0, 0.05) is 6.61 Å². The summed E-state index contributed by atoms with van der Waals surface area (Å²) >= 11 is 0. The quantitative estimate of drug-likeness (QED) is 0.546. The van der Waals surface area contributed by atoms with E-state index >= 15 is 0 Å². The van der Waals surface area contributed by atoms with E-state index in [2.05, 4.69) is 6.92 Å². The van der Waals surface area contributed by atoms with Gasteiger partial charge in [-0.15, -0.1) is 0 Å². The third-order valence-electron chi connectivity index (χ3n) is 2.34. The number of aliphatic hydroxyl groups excluding tert-OH is 2. The van der Waals surface area contributed by atoms with E-state index in [0.29, 0.717) is 0 Å². The van der Waals surface area contributed by atoms with Gasteiger partial charge in [-0.05, 0) is 19.3 Å². The zero-order valence-corrected chi connectivity index (χ0v) is 8.84. The van der Waals surface area contributed by atoms with Crippen molar-refractivity contribution in [2.45, 2.75) is 64.4 Å². The minimum atomic E-state index is -0.186. The maximum Gasteiger partial charge on any atom is 0.0541 e. The van der Waals surface area contributed by atoms with E-state index in [-0.39, 0.29) is 12.7 Å². The Morgan fingerprint density at radius 2 is 1.54 bits per heavy atom. The predicted molar refractivity (Wildman–Crippen MR) is 55.7 cm³/mol. The molecule has 2 nitrogen and oxygen atoms in total. The van der Waals surface area contributed by atoms with Crippen molar-refractivity contribution >= 4 is 0 Å². The molecule has 0 saturated carbocycles. The van der Waals surface area contributed by atoms with Crippen LogP contribution in [0.4, 0.5) is 0 Å². The van der Waals surface area contributed by atoms with Crippen LogP contribution in [0.25, 0.3) is 0 Å². The van der Waals surface area contributed by atoms with Crippen molar-refractivity contribution in [3.05, 3.63) is 0 Å². The van der Waals surface area contributed by atoms with E-state index in [1.165, 1.54) is 25.7 Å². The molecule has 0 aromatic rings. The normalized spacial score (nSPS) is 13.2. The number of hydrogen-bond donors (Lipinski definition) is 2. The van der Waals surface area contributed by atoms with Gasteiger partial charge in [0.1, 0.15) is 0 Å². The third kappa shape index (κ3) is 9.84. The Kier molecular flexibility index (Phi) is 9.94. The SMILES string of the molecule is CCCCCCC[C@@H](O)CCCO. The average Bonchev–Trinajstić information content (AvgIpc) is 2.14. The van der Waals surface area contributed by atoms with Gasteiger partial charge in [0.15, 0.2) is 0 Å². The van der Waals surface area contributed by atoms with Crippen LogP contribution in [0.15, 0.2) is 0 Å². The molecule has 0 bridgehead atoms. The Balaban J connectivity index is 3.03. The monoisotopic (exact) mass is 188 g/mol. The maximum absolute atomic E-state index is 9.43. The first-order chi connectivity index (χ1) is 6.31. The molecule has 0 aliphatic rings. The summed E-state index contributed by atoms with van der Waals surface area (Å²) < 4.78 is 0. The molecule has 0 unspecified atom stereocenters. The molecule has 0 saturated heterocycles. The van der Waals surface area contributed by atoms with Crippen molar-refractivity contribution in [1.82, 2.24) is 0 Å². The van der Waals surface area contributed by atoms with Crippen molar-refractivity contribution in [3.8, 4) is 0 Å². The highest BCUT2D eigenvalue weighted by Gasteiger charge is 2.02. The number of rotatable bonds is 9. The molecular weight excluding hydrogens is 164 g/mol. The molecule has 0 radical (unpaired) electrons. The van der Waals surface area contributed by atoms with Gasteiger partial charge in [-0.25, -0.2) is 0 Å². The van der Waals surface area contributed by atoms with E-state index in [0.717, 1.165) is 25.7 Å². The molecular formula is C11H24O2. The smallest absolute Gasteiger partial charge is 0.0541 e. The van der Waals surface area contributed by atoms with Crippen LogP contribution in [0.3, 0.4) is 0 Å². The number of aliphatic hydroxyl groups is 2. The van der Waals surface area contributed by atoms with Crippen LogP contribution in [-0.2, 0) is 0 Å². The summed E-state index contributed by atoms with van der Waals surface area (Å²) in [6.07, 6.45) is 8.46. The lowest BCUT2D eigenvalue weighted by Crippen LogP contribution is -2.06. The van der Waals surface area contributed by atoms with Crippen LogP contribution in [-0.4, -0.2) is 22.9 Å². The second-order valence-electron chi connectivity index (χ2n) is 3.72. The standard InChI is InChI=1S/C11H24O2/c1-2-3-4-5-6-8-11(13)9-7-10-12/h11-13H,2-10H2,1H3/t11-/m1/s1. The van der Waals surface area contributed by atoms with Gasteiger partial charge >= 0.3 is 0 Å². The van der Waals surface area contributed by atoms with Crippen molar-refractivity contribution in [2.24, 2.45) is 0 Å². The van der Waals surface area contributed by atoms with E-state index < -0.39 is 0 Å². The Bertz CT molecular complexity index is 94.1. The highest BCUT2D eigenvalue weighted by molar-refractivity contribution is 4.55. The molecule has 2 heteroatoms. The lowest BCUT2D eigenvalue weighted by atomic mass is 10.1. The average molecular weight is 188 g/mol. The first-order valence-corrected chi connectivity index (χ1v) is 5.60. The van der Waals surface area contributed by atoms with Crippen molar-refractivity contribution in [3.63, 3.8) is 0 Å². The summed E-state index contributed by atoms with van der Waals surface area (Å²) in [7, 11) is 0. The Morgan fingerprint density at radius 3 is 2.15 bits per heavy atom. The minimum absolute atomic E-state index is 0.186. The summed E-state index contributed by atoms with van der Waals surface area (Å²) in [5.74, 6) is 0. The molecule has 0 heterocycles. The minimum Gasteiger partial charge on any atom is -0.396 e. The van der Waals surface area contributed by atoms with Gasteiger partial charge in [0.2, 0.25) is 0 Å². The molecule has 2 N–H and O–H groups in total. The fourth-order valence-corrected chi connectivity index (χ4v) is 1.45. The number of unbranched alkanes of at least 4 members (excludes halogenated alkanes) is 4. The summed E-state index contributed by atoms with van der Waals surface area (Å²) in [5.41, 5.74) is 0. The third-order valence-corrected chi connectivity index (χ3v) is 2.34. The van der Waals surface area contributed by atoms with Gasteiger partial charge in [-0.3, -0.25) is 0 Å². The second-order valence-corrected chi connectivity index (χ2v) is 3.72. The lowest BCUT2D eigenvalue weighted by Gasteiger charge is -2.08. The summed E-state index contributed by atoms with van der Waals surface area (Å²) in [4.78, 5) is 0. The molecule has 80 valence electrons. The molecule has 0 amide bonds. The largest absolute Gasteiger partial charge is 0.396 e. The van der Waals surface area contributed by atoms with Crippen molar-refractivity contribution < 1.29 is 10.2 Å². The number of hydrogen-bond acceptors (Lipinski definition) is 2. The molecule has 0 aliphatic carbocycles. The molecule has 13 heavy (non-hydrogen) atoms. The molecule has 1 atom stereocenters. The molecule has 0 spiro atoms. The Hall–Kier alpha value is -0.0800. The molecule has 0 aliphatic heterocycles. The van der Waals surface area contributed by atoms with Gasteiger partial charge < -0.3 is 10.2 Å². The van der Waals surface area contributed by atoms with Crippen LogP contribution in [0.1, 0.15) is 58.3 Å². The van der Waals surface area contributed by atoms with Crippen LogP contribution >= 0.6 is 0 Å². The molecule has 0 aromatic carbocycles. The fraction of sp³-hybridized carbons (Fsp3) is 1.00. The van der Waals surface area contributed by atoms with Crippen LogP contribution in [0.5, 0.6) is 0 Å². The van der Waals surface area contributed by atoms with Gasteiger partial charge in [0.25, 0.3) is 0 Å². The topological polar surface area (TPSA) is 40.5 Å². The second kappa shape index (κ2) is 10.0. The first-order valence-electron chi connectivity index (χ1n) is 5.60. The predicted octanol–water partition coefficient (Wildman–Crippen LogP) is 2.48. The lowest BCUT2D eigenvalue weighted by molar-refractivity contribution is 0.138. The van der Waals surface area contributed by atoms with Crippen LogP contribution in [0.2, 0.25) is 0 Å². The highest BCUT2D eigenvalue weighted by atomic mass is 16.3. The molecule has 0 aromatic heterocycles. The van der Waals surface area contributed by atoms with Crippen molar-refractivity contribution in [2.75, 3.05) is 6.61 Å². The van der Waals surface area contributed by atoms with Crippen LogP contribution in [0, 0.1) is 0 Å². The van der Waals surface area contributed by atoms with Crippen LogP contribution < -0.4 is 0 Å². The van der Waals surface area contributed by atoms with E-state index in [1.807, 2.05) is 0 Å².